The lowest BCUT2D eigenvalue weighted by molar-refractivity contribution is -0.134. The SMILES string of the molecule is CC(C)C1C(c2ccccc2N(C=O)c2cccc(-c3ccc(C(=O)N(C)C)c(Cl)c3)c2)CCN1C(=O)CC(C)(C)C. The molecule has 0 N–H and O–H groups in total. The molecular weight excluding hydrogens is 546 g/mol. The highest BCUT2D eigenvalue weighted by atomic mass is 35.5. The number of rotatable bonds is 8. The summed E-state index contributed by atoms with van der Waals surface area (Å²) in [6, 6.07) is 21.2. The molecule has 0 radical (unpaired) electrons. The molecule has 1 aliphatic rings. The van der Waals surface area contributed by atoms with E-state index in [1.165, 1.54) is 4.90 Å². The number of likely N-dealkylation sites (tertiary alicyclic amines) is 1. The van der Waals surface area contributed by atoms with Crippen molar-refractivity contribution in [2.45, 2.75) is 59.4 Å². The van der Waals surface area contributed by atoms with Crippen molar-refractivity contribution in [2.75, 3.05) is 25.5 Å². The summed E-state index contributed by atoms with van der Waals surface area (Å²) in [4.78, 5) is 43.8. The fraction of sp³-hybridized carbons (Fsp3) is 0.400. The van der Waals surface area contributed by atoms with E-state index in [1.54, 1.807) is 31.1 Å². The van der Waals surface area contributed by atoms with E-state index in [2.05, 4.69) is 45.6 Å². The third-order valence-corrected chi connectivity index (χ3v) is 8.22. The zero-order chi connectivity index (χ0) is 30.8. The summed E-state index contributed by atoms with van der Waals surface area (Å²) in [6.07, 6.45) is 2.21. The van der Waals surface area contributed by atoms with Gasteiger partial charge in [0.05, 0.1) is 16.3 Å². The number of halogens is 1. The number of anilines is 2. The fourth-order valence-corrected chi connectivity index (χ4v) is 6.31. The van der Waals surface area contributed by atoms with Gasteiger partial charge < -0.3 is 9.80 Å². The topological polar surface area (TPSA) is 60.9 Å². The van der Waals surface area contributed by atoms with Gasteiger partial charge in [0.25, 0.3) is 5.91 Å². The maximum Gasteiger partial charge on any atom is 0.254 e. The number of benzene rings is 3. The zero-order valence-electron chi connectivity index (χ0n) is 25.7. The molecule has 0 aliphatic carbocycles. The van der Waals surface area contributed by atoms with Crippen molar-refractivity contribution in [3.63, 3.8) is 0 Å². The van der Waals surface area contributed by atoms with E-state index in [4.69, 9.17) is 11.6 Å². The molecule has 1 saturated heterocycles. The highest BCUT2D eigenvalue weighted by Crippen LogP contribution is 2.43. The summed E-state index contributed by atoms with van der Waals surface area (Å²) in [5.41, 5.74) is 4.68. The number of hydrogen-bond donors (Lipinski definition) is 0. The summed E-state index contributed by atoms with van der Waals surface area (Å²) in [5.74, 6) is 0.401. The average Bonchev–Trinajstić information content (AvgIpc) is 3.38. The van der Waals surface area contributed by atoms with Gasteiger partial charge in [-0.15, -0.1) is 0 Å². The van der Waals surface area contributed by atoms with Crippen LogP contribution in [0, 0.1) is 11.3 Å². The molecule has 222 valence electrons. The van der Waals surface area contributed by atoms with Gasteiger partial charge in [-0.05, 0) is 64.8 Å². The molecule has 2 atom stereocenters. The summed E-state index contributed by atoms with van der Waals surface area (Å²) >= 11 is 6.50. The molecule has 1 heterocycles. The third-order valence-electron chi connectivity index (χ3n) is 7.90. The number of hydrogen-bond acceptors (Lipinski definition) is 3. The Kier molecular flexibility index (Phi) is 9.47. The monoisotopic (exact) mass is 587 g/mol. The van der Waals surface area contributed by atoms with Crippen LogP contribution in [-0.2, 0) is 9.59 Å². The van der Waals surface area contributed by atoms with Crippen molar-refractivity contribution >= 4 is 41.2 Å². The lowest BCUT2D eigenvalue weighted by Gasteiger charge is -2.34. The first kappa shape index (κ1) is 31.3. The van der Waals surface area contributed by atoms with Crippen molar-refractivity contribution < 1.29 is 14.4 Å². The van der Waals surface area contributed by atoms with E-state index < -0.39 is 0 Å². The molecule has 3 aromatic carbocycles. The van der Waals surface area contributed by atoms with Crippen LogP contribution >= 0.6 is 11.6 Å². The molecule has 3 amide bonds. The minimum Gasteiger partial charge on any atom is -0.345 e. The Bertz CT molecular complexity index is 1460. The maximum absolute atomic E-state index is 13.4. The smallest absolute Gasteiger partial charge is 0.254 e. The van der Waals surface area contributed by atoms with Crippen molar-refractivity contribution in [2.24, 2.45) is 11.3 Å². The van der Waals surface area contributed by atoms with Crippen LogP contribution in [0.2, 0.25) is 5.02 Å². The Morgan fingerprint density at radius 1 is 1.00 bits per heavy atom. The highest BCUT2D eigenvalue weighted by molar-refractivity contribution is 6.34. The molecule has 6 nitrogen and oxygen atoms in total. The lowest BCUT2D eigenvalue weighted by Crippen LogP contribution is -2.42. The van der Waals surface area contributed by atoms with Crippen LogP contribution in [0.3, 0.4) is 0 Å². The molecule has 2 unspecified atom stereocenters. The van der Waals surface area contributed by atoms with E-state index in [9.17, 15) is 14.4 Å². The Morgan fingerprint density at radius 2 is 1.69 bits per heavy atom. The first-order valence-electron chi connectivity index (χ1n) is 14.6. The van der Waals surface area contributed by atoms with Crippen LogP contribution < -0.4 is 4.90 Å². The van der Waals surface area contributed by atoms with Crippen LogP contribution in [-0.4, -0.2) is 54.7 Å². The predicted octanol–water partition coefficient (Wildman–Crippen LogP) is 7.78. The molecule has 0 saturated carbocycles. The van der Waals surface area contributed by atoms with E-state index >= 15 is 0 Å². The summed E-state index contributed by atoms with van der Waals surface area (Å²) in [5, 5.41) is 0.376. The number of para-hydroxylation sites is 1. The molecule has 4 rings (SSSR count). The van der Waals surface area contributed by atoms with Crippen LogP contribution in [0.4, 0.5) is 11.4 Å². The Hall–Kier alpha value is -3.64. The van der Waals surface area contributed by atoms with Gasteiger partial charge in [0.2, 0.25) is 12.3 Å². The second-order valence-corrected chi connectivity index (χ2v) is 13.3. The maximum atomic E-state index is 13.4. The van der Waals surface area contributed by atoms with Crippen molar-refractivity contribution in [1.82, 2.24) is 9.80 Å². The lowest BCUT2D eigenvalue weighted by atomic mass is 9.84. The van der Waals surface area contributed by atoms with Gasteiger partial charge in [-0.2, -0.15) is 0 Å². The highest BCUT2D eigenvalue weighted by Gasteiger charge is 2.41. The van der Waals surface area contributed by atoms with Gasteiger partial charge in [0.15, 0.2) is 0 Å². The third kappa shape index (κ3) is 6.70. The second kappa shape index (κ2) is 12.7. The molecule has 3 aromatic rings. The quantitative estimate of drug-likeness (QED) is 0.253. The first-order chi connectivity index (χ1) is 19.8. The number of carbonyl (C=O) groups is 3. The number of amides is 3. The van der Waals surface area contributed by atoms with Gasteiger partial charge in [-0.1, -0.05) is 82.6 Å². The molecule has 0 spiro atoms. The van der Waals surface area contributed by atoms with E-state index in [0.717, 1.165) is 40.9 Å². The van der Waals surface area contributed by atoms with E-state index in [1.807, 2.05) is 48.5 Å². The standard InChI is InChI=1S/C35H42ClN3O3/c1-23(2)33-28(17-18-38(33)32(41)21-35(3,4)5)27-13-8-9-14-31(27)39(22-40)26-12-10-11-24(19-26)25-15-16-29(30(36)20-25)34(42)37(6)7/h8-16,19-20,22-23,28,33H,17-18,21H2,1-7H3. The van der Waals surface area contributed by atoms with E-state index in [-0.39, 0.29) is 35.1 Å². The second-order valence-electron chi connectivity index (χ2n) is 12.9. The minimum absolute atomic E-state index is 0.0476. The summed E-state index contributed by atoms with van der Waals surface area (Å²) < 4.78 is 0. The molecule has 7 heteroatoms. The van der Waals surface area contributed by atoms with E-state index in [0.29, 0.717) is 23.6 Å². The molecule has 0 aromatic heterocycles. The van der Waals surface area contributed by atoms with Crippen molar-refractivity contribution in [3.05, 3.63) is 82.9 Å². The van der Waals surface area contributed by atoms with Gasteiger partial charge in [0, 0.05) is 44.7 Å². The van der Waals surface area contributed by atoms with Gasteiger partial charge >= 0.3 is 0 Å². The van der Waals surface area contributed by atoms with Crippen LogP contribution in [0.1, 0.15) is 69.3 Å². The summed E-state index contributed by atoms with van der Waals surface area (Å²) in [7, 11) is 3.39. The Balaban J connectivity index is 1.69. The molecule has 42 heavy (non-hydrogen) atoms. The zero-order valence-corrected chi connectivity index (χ0v) is 26.5. The van der Waals surface area contributed by atoms with Crippen LogP contribution in [0.15, 0.2) is 66.7 Å². The fourth-order valence-electron chi connectivity index (χ4n) is 6.05. The Morgan fingerprint density at radius 3 is 2.31 bits per heavy atom. The van der Waals surface area contributed by atoms with Crippen LogP contribution in [0.25, 0.3) is 11.1 Å². The van der Waals surface area contributed by atoms with Crippen molar-refractivity contribution in [1.29, 1.82) is 0 Å². The molecule has 0 bridgehead atoms. The largest absolute Gasteiger partial charge is 0.345 e. The van der Waals surface area contributed by atoms with Gasteiger partial charge in [-0.25, -0.2) is 0 Å². The minimum atomic E-state index is -0.158. The number of nitrogens with zero attached hydrogens (tertiary/aromatic N) is 3. The average molecular weight is 588 g/mol. The molecule has 1 aliphatic heterocycles. The summed E-state index contributed by atoms with van der Waals surface area (Å²) in [6.45, 7) is 11.3. The van der Waals surface area contributed by atoms with Crippen LogP contribution in [0.5, 0.6) is 0 Å². The molecule has 1 fully saturated rings. The predicted molar refractivity (Wildman–Crippen MR) is 171 cm³/mol. The van der Waals surface area contributed by atoms with Gasteiger partial charge in [-0.3, -0.25) is 19.3 Å². The Labute approximate surface area is 255 Å². The molecular formula is C35H42ClN3O3. The van der Waals surface area contributed by atoms with Crippen molar-refractivity contribution in [3.8, 4) is 11.1 Å². The first-order valence-corrected chi connectivity index (χ1v) is 14.9. The normalized spacial score (nSPS) is 16.9. The van der Waals surface area contributed by atoms with Gasteiger partial charge in [0.1, 0.15) is 0 Å². The number of carbonyl (C=O) groups excluding carboxylic acids is 3.